The molecule has 0 heterocycles. The van der Waals surface area contributed by atoms with E-state index in [0.29, 0.717) is 34.2 Å². The number of anilines is 1. The summed E-state index contributed by atoms with van der Waals surface area (Å²) in [5, 5.41) is 3.24. The number of ether oxygens (including phenoxy) is 2. The fourth-order valence-electron chi connectivity index (χ4n) is 2.19. The zero-order valence-corrected chi connectivity index (χ0v) is 14.4. The number of amides is 1. The Morgan fingerprint density at radius 2 is 1.92 bits per heavy atom. The molecule has 0 saturated carbocycles. The van der Waals surface area contributed by atoms with Gasteiger partial charge in [-0.1, -0.05) is 11.6 Å². The minimum atomic E-state index is -0.394. The predicted molar refractivity (Wildman–Crippen MR) is 93.1 cm³/mol. The molecule has 0 spiro atoms. The number of carbonyl (C=O) groups is 2. The van der Waals surface area contributed by atoms with Crippen LogP contribution in [0.5, 0.6) is 5.75 Å². The van der Waals surface area contributed by atoms with Crippen molar-refractivity contribution in [3.8, 4) is 5.75 Å². The molecule has 2 rings (SSSR count). The van der Waals surface area contributed by atoms with Gasteiger partial charge in [-0.2, -0.15) is 0 Å². The molecule has 0 radical (unpaired) electrons. The van der Waals surface area contributed by atoms with Gasteiger partial charge in [0.1, 0.15) is 5.75 Å². The van der Waals surface area contributed by atoms with Crippen molar-refractivity contribution in [2.75, 3.05) is 19.0 Å². The van der Waals surface area contributed by atoms with Crippen LogP contribution in [0.25, 0.3) is 0 Å². The molecule has 24 heavy (non-hydrogen) atoms. The summed E-state index contributed by atoms with van der Waals surface area (Å²) in [6.45, 7) is 3.86. The van der Waals surface area contributed by atoms with E-state index in [9.17, 15) is 9.59 Å². The number of halogens is 1. The third-order valence-corrected chi connectivity index (χ3v) is 3.63. The van der Waals surface area contributed by atoms with Crippen molar-refractivity contribution in [1.29, 1.82) is 0 Å². The lowest BCUT2D eigenvalue weighted by Crippen LogP contribution is -2.14. The topological polar surface area (TPSA) is 64.6 Å². The van der Waals surface area contributed by atoms with E-state index < -0.39 is 5.97 Å². The largest absolute Gasteiger partial charge is 0.496 e. The average Bonchev–Trinajstić information content (AvgIpc) is 2.56. The van der Waals surface area contributed by atoms with Gasteiger partial charge in [0.2, 0.25) is 0 Å². The maximum absolute atomic E-state index is 12.5. The third-order valence-electron chi connectivity index (χ3n) is 3.39. The zero-order valence-electron chi connectivity index (χ0n) is 13.7. The summed E-state index contributed by atoms with van der Waals surface area (Å²) in [6.07, 6.45) is 0. The Hall–Kier alpha value is -2.53. The lowest BCUT2D eigenvalue weighted by Gasteiger charge is -2.12. The highest BCUT2D eigenvalue weighted by Crippen LogP contribution is 2.25. The molecule has 0 fully saturated rings. The van der Waals surface area contributed by atoms with Crippen LogP contribution in [0, 0.1) is 6.92 Å². The molecule has 1 N–H and O–H groups in total. The first-order chi connectivity index (χ1) is 11.5. The fraction of sp³-hybridized carbons (Fsp3) is 0.222. The van der Waals surface area contributed by atoms with Crippen LogP contribution in [-0.2, 0) is 4.74 Å². The van der Waals surface area contributed by atoms with Gasteiger partial charge in [0, 0.05) is 10.7 Å². The summed E-state index contributed by atoms with van der Waals surface area (Å²) < 4.78 is 10.1. The minimum Gasteiger partial charge on any atom is -0.496 e. The number of carbonyl (C=O) groups excluding carboxylic acids is 2. The van der Waals surface area contributed by atoms with Gasteiger partial charge in [0.15, 0.2) is 0 Å². The first kappa shape index (κ1) is 17.8. The first-order valence-electron chi connectivity index (χ1n) is 7.39. The van der Waals surface area contributed by atoms with E-state index in [-0.39, 0.29) is 5.91 Å². The first-order valence-corrected chi connectivity index (χ1v) is 7.76. The van der Waals surface area contributed by atoms with Crippen molar-refractivity contribution >= 4 is 29.2 Å². The van der Waals surface area contributed by atoms with E-state index in [4.69, 9.17) is 21.1 Å². The van der Waals surface area contributed by atoms with E-state index in [0.717, 1.165) is 5.56 Å². The van der Waals surface area contributed by atoms with Crippen molar-refractivity contribution in [3.05, 3.63) is 58.1 Å². The molecule has 2 aromatic rings. The van der Waals surface area contributed by atoms with Crippen LogP contribution < -0.4 is 10.1 Å². The number of hydrogen-bond donors (Lipinski definition) is 1. The Labute approximate surface area is 145 Å². The molecule has 0 unspecified atom stereocenters. The summed E-state index contributed by atoms with van der Waals surface area (Å²) in [6, 6.07) is 9.76. The molecule has 126 valence electrons. The van der Waals surface area contributed by atoms with Crippen LogP contribution in [0.15, 0.2) is 36.4 Å². The SMILES string of the molecule is CCOC(=O)c1ccc(NC(=O)c2cc(Cl)ccc2OC)c(C)c1. The molecule has 6 heteroatoms. The average molecular weight is 348 g/mol. The Bertz CT molecular complexity index is 774. The smallest absolute Gasteiger partial charge is 0.338 e. The number of nitrogens with one attached hydrogen (secondary N) is 1. The molecule has 2 aromatic carbocycles. The van der Waals surface area contributed by atoms with Gasteiger partial charge in [0.25, 0.3) is 5.91 Å². The summed E-state index contributed by atoms with van der Waals surface area (Å²) in [4.78, 5) is 24.2. The molecular weight excluding hydrogens is 330 g/mol. The highest BCUT2D eigenvalue weighted by molar-refractivity contribution is 6.31. The maximum atomic E-state index is 12.5. The fourth-order valence-corrected chi connectivity index (χ4v) is 2.36. The molecule has 1 amide bonds. The Morgan fingerprint density at radius 1 is 1.17 bits per heavy atom. The van der Waals surface area contributed by atoms with E-state index in [2.05, 4.69) is 5.32 Å². The number of methoxy groups -OCH3 is 1. The minimum absolute atomic E-state index is 0.310. The maximum Gasteiger partial charge on any atom is 0.338 e. The van der Waals surface area contributed by atoms with E-state index in [1.807, 2.05) is 0 Å². The molecule has 0 bridgehead atoms. The van der Waals surface area contributed by atoms with Crippen molar-refractivity contribution in [3.63, 3.8) is 0 Å². The quantitative estimate of drug-likeness (QED) is 0.827. The van der Waals surface area contributed by atoms with Gasteiger partial charge in [-0.05, 0) is 55.8 Å². The summed E-state index contributed by atoms with van der Waals surface area (Å²) in [5.74, 6) is -0.311. The van der Waals surface area contributed by atoms with Crippen LogP contribution in [0.3, 0.4) is 0 Å². The van der Waals surface area contributed by atoms with Gasteiger partial charge in [-0.15, -0.1) is 0 Å². The standard InChI is InChI=1S/C18H18ClNO4/c1-4-24-18(22)12-5-7-15(11(2)9-12)20-17(21)14-10-13(19)6-8-16(14)23-3/h5-10H,4H2,1-3H3,(H,20,21). The molecule has 0 aliphatic rings. The normalized spacial score (nSPS) is 10.2. The molecular formula is C18H18ClNO4. The number of hydrogen-bond acceptors (Lipinski definition) is 4. The molecule has 0 aliphatic heterocycles. The van der Waals surface area contributed by atoms with Crippen molar-refractivity contribution in [2.45, 2.75) is 13.8 Å². The van der Waals surface area contributed by atoms with Gasteiger partial charge in [-0.25, -0.2) is 4.79 Å². The van der Waals surface area contributed by atoms with Crippen LogP contribution in [0.2, 0.25) is 5.02 Å². The highest BCUT2D eigenvalue weighted by Gasteiger charge is 2.15. The monoisotopic (exact) mass is 347 g/mol. The lowest BCUT2D eigenvalue weighted by molar-refractivity contribution is 0.0526. The Morgan fingerprint density at radius 3 is 2.54 bits per heavy atom. The van der Waals surface area contributed by atoms with E-state index in [1.165, 1.54) is 13.2 Å². The lowest BCUT2D eigenvalue weighted by atomic mass is 10.1. The zero-order chi connectivity index (χ0) is 17.7. The number of benzene rings is 2. The summed E-state index contributed by atoms with van der Waals surface area (Å²) >= 11 is 5.95. The van der Waals surface area contributed by atoms with Gasteiger partial charge in [0.05, 0.1) is 24.8 Å². The number of rotatable bonds is 5. The molecule has 5 nitrogen and oxygen atoms in total. The summed E-state index contributed by atoms with van der Waals surface area (Å²) in [7, 11) is 1.49. The van der Waals surface area contributed by atoms with Crippen LogP contribution >= 0.6 is 11.6 Å². The second kappa shape index (κ2) is 7.84. The van der Waals surface area contributed by atoms with E-state index in [1.54, 1.807) is 44.2 Å². The molecule has 0 saturated heterocycles. The Kier molecular flexibility index (Phi) is 5.82. The second-order valence-corrected chi connectivity index (χ2v) is 5.49. The van der Waals surface area contributed by atoms with Gasteiger partial charge < -0.3 is 14.8 Å². The van der Waals surface area contributed by atoms with Crippen LogP contribution in [0.1, 0.15) is 33.2 Å². The molecule has 0 aliphatic carbocycles. The van der Waals surface area contributed by atoms with Gasteiger partial charge in [-0.3, -0.25) is 4.79 Å². The second-order valence-electron chi connectivity index (χ2n) is 5.05. The highest BCUT2D eigenvalue weighted by atomic mass is 35.5. The van der Waals surface area contributed by atoms with Crippen molar-refractivity contribution < 1.29 is 19.1 Å². The number of esters is 1. The molecule has 0 atom stereocenters. The molecule has 0 aromatic heterocycles. The predicted octanol–water partition coefficient (Wildman–Crippen LogP) is 4.09. The Balaban J connectivity index is 2.24. The summed E-state index contributed by atoms with van der Waals surface area (Å²) in [5.41, 5.74) is 2.11. The van der Waals surface area contributed by atoms with E-state index >= 15 is 0 Å². The van der Waals surface area contributed by atoms with Crippen LogP contribution in [-0.4, -0.2) is 25.6 Å². The van der Waals surface area contributed by atoms with Crippen LogP contribution in [0.4, 0.5) is 5.69 Å². The van der Waals surface area contributed by atoms with Crippen molar-refractivity contribution in [2.24, 2.45) is 0 Å². The number of aryl methyl sites for hydroxylation is 1. The third kappa shape index (κ3) is 4.06. The van der Waals surface area contributed by atoms with Gasteiger partial charge >= 0.3 is 5.97 Å². The van der Waals surface area contributed by atoms with Crippen molar-refractivity contribution in [1.82, 2.24) is 0 Å².